The van der Waals surface area contributed by atoms with Crippen LogP contribution in [0.15, 0.2) is 16.0 Å². The summed E-state index contributed by atoms with van der Waals surface area (Å²) in [5.41, 5.74) is 0. The number of rotatable bonds is 5. The molecule has 0 aromatic carbocycles. The van der Waals surface area contributed by atoms with Crippen molar-refractivity contribution in [3.63, 3.8) is 0 Å². The molecule has 1 heterocycles. The van der Waals surface area contributed by atoms with E-state index in [0.29, 0.717) is 0 Å². The van der Waals surface area contributed by atoms with E-state index in [0.717, 1.165) is 30.7 Å². The molecule has 0 amide bonds. The molecule has 0 spiro atoms. The van der Waals surface area contributed by atoms with Gasteiger partial charge in [0.2, 0.25) is 0 Å². The Hall–Kier alpha value is -0.150. The Kier molecular flexibility index (Phi) is 5.41. The number of aliphatic imine (C=N–C) groups is 1. The van der Waals surface area contributed by atoms with Gasteiger partial charge in [-0.3, -0.25) is 0 Å². The predicted molar refractivity (Wildman–Crippen MR) is 69.1 cm³/mol. The summed E-state index contributed by atoms with van der Waals surface area (Å²) in [4.78, 5) is 7.73. The number of hydrogen-bond donors (Lipinski definition) is 1. The highest BCUT2D eigenvalue weighted by molar-refractivity contribution is 7.80. The fraction of sp³-hybridized carbons (Fsp3) is 0.500. The second-order valence-electron chi connectivity index (χ2n) is 3.10. The van der Waals surface area contributed by atoms with Gasteiger partial charge in [-0.1, -0.05) is 0 Å². The van der Waals surface area contributed by atoms with E-state index in [2.05, 4.69) is 48.0 Å². The van der Waals surface area contributed by atoms with Gasteiger partial charge in [-0.15, -0.1) is 24.0 Å². The van der Waals surface area contributed by atoms with Crippen molar-refractivity contribution in [1.82, 2.24) is 0 Å². The van der Waals surface area contributed by atoms with Crippen LogP contribution >= 0.6 is 36.2 Å². The van der Waals surface area contributed by atoms with Gasteiger partial charge in [0.15, 0.2) is 0 Å². The quantitative estimate of drug-likeness (QED) is 0.359. The van der Waals surface area contributed by atoms with Crippen molar-refractivity contribution in [3.8, 4) is 0 Å². The first-order valence-electron chi connectivity index (χ1n) is 4.56. The molecule has 0 aliphatic rings. The van der Waals surface area contributed by atoms with Crippen molar-refractivity contribution in [2.45, 2.75) is 31.1 Å². The van der Waals surface area contributed by atoms with E-state index in [4.69, 9.17) is 0 Å². The number of thiophene rings is 1. The van der Waals surface area contributed by atoms with E-state index in [9.17, 15) is 0 Å². The molecule has 1 rings (SSSR count). The van der Waals surface area contributed by atoms with Gasteiger partial charge in [-0.2, -0.15) is 0 Å². The first-order valence-corrected chi connectivity index (χ1v) is 6.23. The van der Waals surface area contributed by atoms with Crippen LogP contribution < -0.4 is 0 Å². The number of unbranched alkanes of at least 4 members (excludes halogenated alkanes) is 1. The van der Waals surface area contributed by atoms with Crippen LogP contribution in [0.3, 0.4) is 0 Å². The van der Waals surface area contributed by atoms with Gasteiger partial charge in [0.25, 0.3) is 0 Å². The number of isothiocyanates is 1. The fourth-order valence-corrected chi connectivity index (χ4v) is 2.85. The minimum absolute atomic E-state index is 0.801. The third-order valence-electron chi connectivity index (χ3n) is 1.90. The highest BCUT2D eigenvalue weighted by atomic mass is 32.1. The van der Waals surface area contributed by atoms with E-state index in [1.54, 1.807) is 0 Å². The highest BCUT2D eigenvalue weighted by Gasteiger charge is 2.02. The normalized spacial score (nSPS) is 9.86. The molecule has 14 heavy (non-hydrogen) atoms. The molecule has 1 nitrogen and oxygen atoms in total. The number of hydrogen-bond acceptors (Lipinski definition) is 4. The maximum Gasteiger partial charge on any atom is 0.0584 e. The van der Waals surface area contributed by atoms with Crippen molar-refractivity contribution in [2.75, 3.05) is 6.54 Å². The van der Waals surface area contributed by atoms with E-state index in [1.807, 2.05) is 11.3 Å². The summed E-state index contributed by atoms with van der Waals surface area (Å²) in [6.07, 6.45) is 3.33. The Morgan fingerprint density at radius 2 is 2.36 bits per heavy atom. The maximum atomic E-state index is 4.49. The second kappa shape index (κ2) is 6.36. The summed E-state index contributed by atoms with van der Waals surface area (Å²) >= 11 is 10.7. The van der Waals surface area contributed by atoms with Gasteiger partial charge in [-0.25, -0.2) is 4.99 Å². The van der Waals surface area contributed by atoms with E-state index >= 15 is 0 Å². The van der Waals surface area contributed by atoms with Crippen molar-refractivity contribution in [2.24, 2.45) is 4.99 Å². The molecule has 0 saturated heterocycles. The van der Waals surface area contributed by atoms with E-state index in [1.165, 1.54) is 9.75 Å². The van der Waals surface area contributed by atoms with Gasteiger partial charge in [0.05, 0.1) is 5.16 Å². The van der Waals surface area contributed by atoms with Gasteiger partial charge in [0, 0.05) is 21.2 Å². The predicted octanol–water partition coefficient (Wildman–Crippen LogP) is 3.77. The third kappa shape index (κ3) is 3.93. The lowest BCUT2D eigenvalue weighted by Gasteiger charge is -1.96. The molecular formula is C10H13NS3. The Morgan fingerprint density at radius 3 is 2.93 bits per heavy atom. The van der Waals surface area contributed by atoms with Crippen molar-refractivity contribution < 1.29 is 0 Å². The SMILES string of the molecule is Cc1cc(S)c(CCCCN=C=S)s1. The molecule has 0 N–H and O–H groups in total. The second-order valence-corrected chi connectivity index (χ2v) is 5.10. The molecule has 76 valence electrons. The molecule has 4 heteroatoms. The lowest BCUT2D eigenvalue weighted by molar-refractivity contribution is 0.749. The molecular weight excluding hydrogens is 230 g/mol. The standard InChI is InChI=1S/C10H13NS3/c1-8-6-9(13)10(14-8)4-2-3-5-11-7-12/h6,13H,2-5H2,1H3. The van der Waals surface area contributed by atoms with Crippen molar-refractivity contribution in [1.29, 1.82) is 0 Å². The minimum atomic E-state index is 0.801. The average molecular weight is 243 g/mol. The summed E-state index contributed by atoms with van der Waals surface area (Å²) in [7, 11) is 0. The third-order valence-corrected chi connectivity index (χ3v) is 3.69. The number of aryl methyl sites for hydroxylation is 2. The van der Waals surface area contributed by atoms with Crippen LogP contribution in [0, 0.1) is 6.92 Å². The lowest BCUT2D eigenvalue weighted by atomic mass is 10.2. The van der Waals surface area contributed by atoms with Crippen LogP contribution in [-0.4, -0.2) is 11.7 Å². The van der Waals surface area contributed by atoms with Crippen LogP contribution in [-0.2, 0) is 6.42 Å². The topological polar surface area (TPSA) is 12.4 Å². The summed E-state index contributed by atoms with van der Waals surface area (Å²) < 4.78 is 0. The maximum absolute atomic E-state index is 4.49. The molecule has 0 aliphatic carbocycles. The zero-order valence-corrected chi connectivity index (χ0v) is 10.6. The Morgan fingerprint density at radius 1 is 1.57 bits per heavy atom. The molecule has 1 aromatic rings. The van der Waals surface area contributed by atoms with Gasteiger partial charge in [-0.05, 0) is 44.5 Å². The van der Waals surface area contributed by atoms with Gasteiger partial charge in [0.1, 0.15) is 0 Å². The molecule has 0 unspecified atom stereocenters. The van der Waals surface area contributed by atoms with Crippen LogP contribution in [0.4, 0.5) is 0 Å². The summed E-state index contributed by atoms with van der Waals surface area (Å²) in [5.74, 6) is 0. The summed E-state index contributed by atoms with van der Waals surface area (Å²) in [6, 6.07) is 2.12. The fourth-order valence-electron chi connectivity index (χ4n) is 1.25. The van der Waals surface area contributed by atoms with Gasteiger partial charge < -0.3 is 0 Å². The van der Waals surface area contributed by atoms with Crippen LogP contribution in [0.5, 0.6) is 0 Å². The lowest BCUT2D eigenvalue weighted by Crippen LogP contribution is -1.85. The minimum Gasteiger partial charge on any atom is -0.233 e. The molecule has 0 bridgehead atoms. The number of thiocarbonyl (C=S) groups is 1. The van der Waals surface area contributed by atoms with Crippen LogP contribution in [0.1, 0.15) is 22.6 Å². The molecule has 0 aliphatic heterocycles. The zero-order valence-electron chi connectivity index (χ0n) is 8.12. The first kappa shape index (κ1) is 11.9. The Labute approximate surface area is 99.7 Å². The first-order chi connectivity index (χ1) is 6.74. The monoisotopic (exact) mass is 243 g/mol. The zero-order chi connectivity index (χ0) is 10.4. The van der Waals surface area contributed by atoms with E-state index in [-0.39, 0.29) is 0 Å². The summed E-state index contributed by atoms with van der Waals surface area (Å²) in [5, 5.41) is 2.38. The number of thiol groups is 1. The molecule has 0 atom stereocenters. The van der Waals surface area contributed by atoms with Crippen LogP contribution in [0.2, 0.25) is 0 Å². The average Bonchev–Trinajstić information content (AvgIpc) is 2.45. The van der Waals surface area contributed by atoms with Crippen molar-refractivity contribution in [3.05, 3.63) is 15.8 Å². The molecule has 0 fully saturated rings. The Bertz CT molecular complexity index is 337. The number of nitrogens with zero attached hydrogens (tertiary/aromatic N) is 1. The smallest absolute Gasteiger partial charge is 0.0584 e. The van der Waals surface area contributed by atoms with E-state index < -0.39 is 0 Å². The van der Waals surface area contributed by atoms with Gasteiger partial charge >= 0.3 is 0 Å². The largest absolute Gasteiger partial charge is 0.233 e. The molecule has 0 radical (unpaired) electrons. The van der Waals surface area contributed by atoms with Crippen LogP contribution in [0.25, 0.3) is 0 Å². The summed E-state index contributed by atoms with van der Waals surface area (Å²) in [6.45, 7) is 2.92. The molecule has 1 aromatic heterocycles. The Balaban J connectivity index is 2.31. The molecule has 0 saturated carbocycles. The van der Waals surface area contributed by atoms with Crippen molar-refractivity contribution >= 4 is 41.3 Å². The highest BCUT2D eigenvalue weighted by Crippen LogP contribution is 2.26.